The van der Waals surface area contributed by atoms with Crippen LogP contribution >= 0.6 is 0 Å². The monoisotopic (exact) mass is 476 g/mol. The molecular weight excluding hydrogens is 456 g/mol. The maximum atomic E-state index is 10.6. The van der Waals surface area contributed by atoms with Crippen LogP contribution in [0.2, 0.25) is 0 Å². The van der Waals surface area contributed by atoms with E-state index in [9.17, 15) is 10.2 Å². The highest BCUT2D eigenvalue weighted by molar-refractivity contribution is 5.95. The number of aromatic nitrogens is 4. The lowest BCUT2D eigenvalue weighted by Gasteiger charge is -2.01. The fourth-order valence-electron chi connectivity index (χ4n) is 4.23. The van der Waals surface area contributed by atoms with E-state index >= 15 is 0 Å². The van der Waals surface area contributed by atoms with Gasteiger partial charge in [-0.15, -0.1) is 20.5 Å². The third-order valence-electron chi connectivity index (χ3n) is 6.12. The number of hydrogen-bond donors (Lipinski definition) is 2. The lowest BCUT2D eigenvalue weighted by Crippen LogP contribution is -1.85. The van der Waals surface area contributed by atoms with Gasteiger partial charge in [0, 0.05) is 24.9 Å². The zero-order chi connectivity index (χ0) is 24.8. The molecule has 10 heteroatoms. The standard InChI is InChI=1S/C26H20N8O2/c1-33-19-13-7-3-9-15(19)21(25(33)35)29-31-23-24(28-18-12-6-5-11-17(18)27-23)32-30-22-16-10-4-8-14-20(16)34(2)26(22)36/h3-14,35-36H,1-2H3. The summed E-state index contributed by atoms with van der Waals surface area (Å²) < 4.78 is 3.28. The summed E-state index contributed by atoms with van der Waals surface area (Å²) >= 11 is 0. The molecular formula is C26H20N8O2. The number of benzene rings is 3. The molecule has 0 saturated heterocycles. The predicted octanol–water partition coefficient (Wildman–Crippen LogP) is 6.86. The Balaban J connectivity index is 1.49. The highest BCUT2D eigenvalue weighted by Gasteiger charge is 2.16. The van der Waals surface area contributed by atoms with Crippen molar-refractivity contribution in [1.29, 1.82) is 0 Å². The van der Waals surface area contributed by atoms with Gasteiger partial charge in [0.05, 0.1) is 22.1 Å². The minimum atomic E-state index is -0.0162. The number of rotatable bonds is 4. The van der Waals surface area contributed by atoms with E-state index in [4.69, 9.17) is 0 Å². The molecule has 36 heavy (non-hydrogen) atoms. The molecule has 3 aromatic heterocycles. The Hall–Kier alpha value is -5.12. The minimum absolute atomic E-state index is 0.0162. The van der Waals surface area contributed by atoms with Crippen molar-refractivity contribution in [1.82, 2.24) is 19.1 Å². The Bertz CT molecular complexity index is 1710. The van der Waals surface area contributed by atoms with Gasteiger partial charge in [0.15, 0.2) is 11.4 Å². The smallest absolute Gasteiger partial charge is 0.222 e. The largest absolute Gasteiger partial charge is 0.493 e. The number of aromatic hydroxyl groups is 2. The van der Waals surface area contributed by atoms with Crippen molar-refractivity contribution < 1.29 is 10.2 Å². The highest BCUT2D eigenvalue weighted by Crippen LogP contribution is 2.41. The first kappa shape index (κ1) is 21.4. The average molecular weight is 477 g/mol. The highest BCUT2D eigenvalue weighted by atomic mass is 16.3. The van der Waals surface area contributed by atoms with Gasteiger partial charge in [-0.3, -0.25) is 0 Å². The third kappa shape index (κ3) is 3.35. The molecule has 0 unspecified atom stereocenters. The molecule has 10 nitrogen and oxygen atoms in total. The van der Waals surface area contributed by atoms with Gasteiger partial charge in [-0.25, -0.2) is 9.97 Å². The van der Waals surface area contributed by atoms with E-state index in [1.165, 1.54) is 0 Å². The number of para-hydroxylation sites is 4. The zero-order valence-electron chi connectivity index (χ0n) is 19.4. The Morgan fingerprint density at radius 3 is 1.39 bits per heavy atom. The van der Waals surface area contributed by atoms with Crippen LogP contribution in [0.4, 0.5) is 23.0 Å². The topological polar surface area (TPSA) is 126 Å². The Morgan fingerprint density at radius 1 is 0.556 bits per heavy atom. The first-order valence-electron chi connectivity index (χ1n) is 11.2. The molecule has 176 valence electrons. The quantitative estimate of drug-likeness (QED) is 0.270. The molecule has 0 fully saturated rings. The fourth-order valence-corrected chi connectivity index (χ4v) is 4.23. The van der Waals surface area contributed by atoms with Crippen LogP contribution in [0.5, 0.6) is 11.8 Å². The van der Waals surface area contributed by atoms with Gasteiger partial charge in [0.25, 0.3) is 0 Å². The molecule has 0 saturated carbocycles. The molecule has 0 amide bonds. The second kappa shape index (κ2) is 8.27. The van der Waals surface area contributed by atoms with Crippen LogP contribution < -0.4 is 0 Å². The van der Waals surface area contributed by atoms with Crippen molar-refractivity contribution in [2.45, 2.75) is 0 Å². The first-order valence-corrected chi connectivity index (χ1v) is 11.2. The van der Waals surface area contributed by atoms with E-state index in [2.05, 4.69) is 30.4 Å². The van der Waals surface area contributed by atoms with Crippen molar-refractivity contribution >= 4 is 55.8 Å². The van der Waals surface area contributed by atoms with Gasteiger partial charge >= 0.3 is 0 Å². The molecule has 0 aliphatic carbocycles. The van der Waals surface area contributed by atoms with Gasteiger partial charge < -0.3 is 19.3 Å². The summed E-state index contributed by atoms with van der Waals surface area (Å²) in [7, 11) is 3.51. The van der Waals surface area contributed by atoms with Gasteiger partial charge in [-0.2, -0.15) is 0 Å². The zero-order valence-corrected chi connectivity index (χ0v) is 19.4. The molecule has 3 aromatic carbocycles. The van der Waals surface area contributed by atoms with Gasteiger partial charge in [0.1, 0.15) is 0 Å². The lowest BCUT2D eigenvalue weighted by atomic mass is 10.2. The minimum Gasteiger partial charge on any atom is -0.493 e. The molecule has 6 rings (SSSR count). The summed E-state index contributed by atoms with van der Waals surface area (Å²) in [6.07, 6.45) is 0. The molecule has 0 spiro atoms. The maximum Gasteiger partial charge on any atom is 0.222 e. The average Bonchev–Trinajstić information content (AvgIpc) is 3.30. The van der Waals surface area contributed by atoms with Crippen molar-refractivity contribution in [3.8, 4) is 11.8 Å². The van der Waals surface area contributed by atoms with Crippen LogP contribution in [-0.4, -0.2) is 29.3 Å². The van der Waals surface area contributed by atoms with Crippen molar-refractivity contribution in [3.05, 3.63) is 72.8 Å². The van der Waals surface area contributed by atoms with E-state index < -0.39 is 0 Å². The molecule has 0 radical (unpaired) electrons. The van der Waals surface area contributed by atoms with Crippen molar-refractivity contribution in [2.75, 3.05) is 0 Å². The molecule has 0 aliphatic heterocycles. The second-order valence-electron chi connectivity index (χ2n) is 8.26. The summed E-state index contributed by atoms with van der Waals surface area (Å²) in [6, 6.07) is 22.3. The van der Waals surface area contributed by atoms with Crippen LogP contribution in [0.3, 0.4) is 0 Å². The molecule has 2 N–H and O–H groups in total. The molecule has 0 aliphatic rings. The maximum absolute atomic E-state index is 10.6. The predicted molar refractivity (Wildman–Crippen MR) is 137 cm³/mol. The number of fused-ring (bicyclic) bond motifs is 3. The van der Waals surface area contributed by atoms with Crippen LogP contribution in [0.1, 0.15) is 0 Å². The number of hydrogen-bond acceptors (Lipinski definition) is 8. The summed E-state index contributed by atoms with van der Waals surface area (Å²) in [5, 5.41) is 40.0. The number of azo groups is 2. The van der Waals surface area contributed by atoms with Crippen LogP contribution in [0.15, 0.2) is 93.3 Å². The Kier molecular flexibility index (Phi) is 4.92. The van der Waals surface area contributed by atoms with Gasteiger partial charge in [0.2, 0.25) is 23.4 Å². The van der Waals surface area contributed by atoms with E-state index in [-0.39, 0.29) is 23.4 Å². The third-order valence-corrected chi connectivity index (χ3v) is 6.12. The van der Waals surface area contributed by atoms with Crippen LogP contribution in [0, 0.1) is 0 Å². The van der Waals surface area contributed by atoms with Crippen LogP contribution in [0.25, 0.3) is 32.8 Å². The van der Waals surface area contributed by atoms with Crippen molar-refractivity contribution in [3.63, 3.8) is 0 Å². The van der Waals surface area contributed by atoms with Crippen LogP contribution in [-0.2, 0) is 14.1 Å². The Morgan fingerprint density at radius 2 is 0.944 bits per heavy atom. The molecule has 0 bridgehead atoms. The van der Waals surface area contributed by atoms with Gasteiger partial charge in [-0.1, -0.05) is 48.5 Å². The summed E-state index contributed by atoms with van der Waals surface area (Å²) in [5.41, 5.74) is 3.50. The Labute approximate surface area is 204 Å². The normalized spacial score (nSPS) is 12.2. The fraction of sp³-hybridized carbons (Fsp3) is 0.0769. The summed E-state index contributed by atoms with van der Waals surface area (Å²) in [5.74, 6) is 0.226. The number of aryl methyl sites for hydroxylation is 2. The lowest BCUT2D eigenvalue weighted by molar-refractivity contribution is 0.436. The van der Waals surface area contributed by atoms with E-state index in [1.807, 2.05) is 72.8 Å². The summed E-state index contributed by atoms with van der Waals surface area (Å²) in [4.78, 5) is 9.15. The van der Waals surface area contributed by atoms with E-state index in [1.54, 1.807) is 23.2 Å². The SMILES string of the molecule is Cn1c(O)c(N=Nc2nc3ccccc3nc2N=Nc2c(O)n(C)c3ccccc23)c2ccccc21. The van der Waals surface area contributed by atoms with Crippen molar-refractivity contribution in [2.24, 2.45) is 34.6 Å². The van der Waals surface area contributed by atoms with E-state index in [0.29, 0.717) is 22.4 Å². The van der Waals surface area contributed by atoms with Gasteiger partial charge in [-0.05, 0) is 24.3 Å². The van der Waals surface area contributed by atoms with E-state index in [0.717, 1.165) is 21.8 Å². The molecule has 3 heterocycles. The molecule has 0 atom stereocenters. The molecule has 6 aromatic rings. The summed E-state index contributed by atoms with van der Waals surface area (Å²) in [6.45, 7) is 0. The first-order chi connectivity index (χ1) is 17.5. The second-order valence-corrected chi connectivity index (χ2v) is 8.26. The number of nitrogens with zero attached hydrogens (tertiary/aromatic N) is 8.